The highest BCUT2D eigenvalue weighted by atomic mass is 35.5. The molecule has 24 heavy (non-hydrogen) atoms. The van der Waals surface area contributed by atoms with Crippen LogP contribution in [-0.2, 0) is 9.53 Å². The monoisotopic (exact) mass is 366 g/mol. The minimum atomic E-state index is -0.0468. The summed E-state index contributed by atoms with van der Waals surface area (Å²) in [5, 5.41) is 3.79. The van der Waals surface area contributed by atoms with E-state index in [1.54, 1.807) is 6.08 Å². The van der Waals surface area contributed by atoms with E-state index < -0.39 is 0 Å². The van der Waals surface area contributed by atoms with Crippen molar-refractivity contribution in [3.05, 3.63) is 40.9 Å². The number of amides is 1. The maximum absolute atomic E-state index is 12.2. The molecule has 1 amide bonds. The molecule has 1 atom stereocenters. The number of thioether (sulfide) groups is 1. The first-order valence-corrected chi connectivity index (χ1v) is 9.83. The van der Waals surface area contributed by atoms with Gasteiger partial charge in [0.15, 0.2) is 0 Å². The van der Waals surface area contributed by atoms with Crippen LogP contribution in [0.5, 0.6) is 0 Å². The Bertz CT molecular complexity index is 579. The zero-order valence-corrected chi connectivity index (χ0v) is 15.2. The van der Waals surface area contributed by atoms with Crippen LogP contribution in [-0.4, -0.2) is 60.7 Å². The summed E-state index contributed by atoms with van der Waals surface area (Å²) in [6.45, 7) is 4.19. The van der Waals surface area contributed by atoms with Crippen LogP contribution in [0.25, 0.3) is 6.08 Å². The Morgan fingerprint density at radius 3 is 2.75 bits per heavy atom. The molecule has 1 unspecified atom stereocenters. The fourth-order valence-electron chi connectivity index (χ4n) is 3.19. The predicted molar refractivity (Wildman–Crippen MR) is 101 cm³/mol. The Kier molecular flexibility index (Phi) is 6.22. The summed E-state index contributed by atoms with van der Waals surface area (Å²) in [5.41, 5.74) is 1.05. The molecule has 1 aromatic carbocycles. The molecule has 2 saturated heterocycles. The van der Waals surface area contributed by atoms with E-state index >= 15 is 0 Å². The molecule has 0 saturated carbocycles. The van der Waals surface area contributed by atoms with Gasteiger partial charge < -0.3 is 10.1 Å². The average molecular weight is 367 g/mol. The summed E-state index contributed by atoms with van der Waals surface area (Å²) in [6.07, 6.45) is 4.54. The highest BCUT2D eigenvalue weighted by Crippen LogP contribution is 2.33. The van der Waals surface area contributed by atoms with E-state index in [4.69, 9.17) is 16.3 Å². The van der Waals surface area contributed by atoms with Gasteiger partial charge >= 0.3 is 0 Å². The lowest BCUT2D eigenvalue weighted by Gasteiger charge is -2.42. The quantitative estimate of drug-likeness (QED) is 0.813. The number of hydrogen-bond donors (Lipinski definition) is 1. The van der Waals surface area contributed by atoms with Gasteiger partial charge in [-0.25, -0.2) is 0 Å². The van der Waals surface area contributed by atoms with Crippen molar-refractivity contribution in [1.29, 1.82) is 0 Å². The highest BCUT2D eigenvalue weighted by molar-refractivity contribution is 7.99. The van der Waals surface area contributed by atoms with E-state index in [1.165, 1.54) is 0 Å². The Morgan fingerprint density at radius 1 is 1.33 bits per heavy atom. The molecular formula is C18H23ClN2O2S. The van der Waals surface area contributed by atoms with Gasteiger partial charge in [-0.1, -0.05) is 23.7 Å². The lowest BCUT2D eigenvalue weighted by Crippen LogP contribution is -2.59. The molecule has 3 rings (SSSR count). The number of rotatable bonds is 5. The molecule has 0 aromatic heterocycles. The van der Waals surface area contributed by atoms with Crippen molar-refractivity contribution in [2.75, 3.05) is 44.4 Å². The van der Waals surface area contributed by atoms with Crippen molar-refractivity contribution in [2.24, 2.45) is 0 Å². The lowest BCUT2D eigenvalue weighted by atomic mass is 9.95. The van der Waals surface area contributed by atoms with E-state index in [1.807, 2.05) is 42.1 Å². The van der Waals surface area contributed by atoms with Gasteiger partial charge in [0, 0.05) is 42.0 Å². The number of morpholine rings is 1. The van der Waals surface area contributed by atoms with Gasteiger partial charge in [0.1, 0.15) is 0 Å². The van der Waals surface area contributed by atoms with Crippen LogP contribution in [0.4, 0.5) is 0 Å². The molecule has 0 aliphatic carbocycles. The smallest absolute Gasteiger partial charge is 0.244 e. The van der Waals surface area contributed by atoms with Crippen LogP contribution >= 0.6 is 23.4 Å². The number of nitrogens with one attached hydrogen (secondary N) is 1. The van der Waals surface area contributed by atoms with E-state index in [0.29, 0.717) is 11.6 Å². The summed E-state index contributed by atoms with van der Waals surface area (Å²) >= 11 is 7.84. The van der Waals surface area contributed by atoms with Crippen molar-refractivity contribution in [3.63, 3.8) is 0 Å². The zero-order valence-electron chi connectivity index (χ0n) is 13.7. The first-order valence-electron chi connectivity index (χ1n) is 8.30. The van der Waals surface area contributed by atoms with Crippen LogP contribution in [0.3, 0.4) is 0 Å². The number of carbonyl (C=O) groups is 1. The summed E-state index contributed by atoms with van der Waals surface area (Å²) in [5.74, 6) is 2.19. The van der Waals surface area contributed by atoms with Gasteiger partial charge in [-0.2, -0.15) is 11.8 Å². The Morgan fingerprint density at radius 2 is 2.08 bits per heavy atom. The Hall–Kier alpha value is -1.01. The van der Waals surface area contributed by atoms with E-state index in [2.05, 4.69) is 10.2 Å². The maximum atomic E-state index is 12.2. The van der Waals surface area contributed by atoms with E-state index in [0.717, 1.165) is 49.8 Å². The van der Waals surface area contributed by atoms with Crippen LogP contribution in [0.15, 0.2) is 30.3 Å². The molecule has 2 fully saturated rings. The topological polar surface area (TPSA) is 41.6 Å². The van der Waals surface area contributed by atoms with Crippen LogP contribution in [0.1, 0.15) is 12.0 Å². The second-order valence-electron chi connectivity index (χ2n) is 6.23. The molecular weight excluding hydrogens is 344 g/mol. The summed E-state index contributed by atoms with van der Waals surface area (Å²) < 4.78 is 5.47. The summed E-state index contributed by atoms with van der Waals surface area (Å²) in [6, 6.07) is 7.44. The van der Waals surface area contributed by atoms with Crippen LogP contribution < -0.4 is 5.32 Å². The number of benzene rings is 1. The standard InChI is InChI=1S/C18H23ClN2O2S/c19-16-4-1-15(2-5-16)3-6-17(22)20-13-18(7-12-24-14-18)21-8-10-23-11-9-21/h1-6H,7-14H2,(H,20,22). The second kappa shape index (κ2) is 8.39. The largest absolute Gasteiger partial charge is 0.379 e. The fraction of sp³-hybridized carbons (Fsp3) is 0.500. The van der Waals surface area contributed by atoms with Crippen LogP contribution in [0.2, 0.25) is 5.02 Å². The SMILES string of the molecule is O=C(C=Cc1ccc(Cl)cc1)NCC1(N2CCOCC2)CCSC1. The first kappa shape index (κ1) is 17.8. The molecule has 6 heteroatoms. The summed E-state index contributed by atoms with van der Waals surface area (Å²) in [4.78, 5) is 14.7. The van der Waals surface area contributed by atoms with Crippen molar-refractivity contribution >= 4 is 35.3 Å². The zero-order chi connectivity index (χ0) is 16.8. The van der Waals surface area contributed by atoms with Gasteiger partial charge in [-0.15, -0.1) is 0 Å². The molecule has 4 nitrogen and oxygen atoms in total. The van der Waals surface area contributed by atoms with Crippen LogP contribution in [0, 0.1) is 0 Å². The molecule has 2 heterocycles. The minimum Gasteiger partial charge on any atom is -0.379 e. The van der Waals surface area contributed by atoms with Gasteiger partial charge in [-0.3, -0.25) is 9.69 Å². The lowest BCUT2D eigenvalue weighted by molar-refractivity contribution is -0.117. The van der Waals surface area contributed by atoms with Crippen molar-refractivity contribution in [3.8, 4) is 0 Å². The molecule has 1 N–H and O–H groups in total. The van der Waals surface area contributed by atoms with Gasteiger partial charge in [0.25, 0.3) is 0 Å². The summed E-state index contributed by atoms with van der Waals surface area (Å²) in [7, 11) is 0. The van der Waals surface area contributed by atoms with E-state index in [9.17, 15) is 4.79 Å². The second-order valence-corrected chi connectivity index (χ2v) is 7.77. The third-order valence-electron chi connectivity index (χ3n) is 4.65. The van der Waals surface area contributed by atoms with Crippen molar-refractivity contribution in [1.82, 2.24) is 10.2 Å². The molecule has 2 aliphatic heterocycles. The molecule has 0 bridgehead atoms. The number of carbonyl (C=O) groups excluding carboxylic acids is 1. The molecule has 0 spiro atoms. The minimum absolute atomic E-state index is 0.0468. The average Bonchev–Trinajstić information content (AvgIpc) is 3.10. The molecule has 130 valence electrons. The Labute approximate surface area is 152 Å². The molecule has 1 aromatic rings. The number of halogens is 1. The number of hydrogen-bond acceptors (Lipinski definition) is 4. The fourth-order valence-corrected chi connectivity index (χ4v) is 4.79. The highest BCUT2D eigenvalue weighted by Gasteiger charge is 2.40. The maximum Gasteiger partial charge on any atom is 0.244 e. The van der Waals surface area contributed by atoms with Gasteiger partial charge in [-0.05, 0) is 35.9 Å². The van der Waals surface area contributed by atoms with Crippen molar-refractivity contribution < 1.29 is 9.53 Å². The van der Waals surface area contributed by atoms with E-state index in [-0.39, 0.29) is 11.4 Å². The molecule has 2 aliphatic rings. The number of nitrogens with zero attached hydrogens (tertiary/aromatic N) is 1. The predicted octanol–water partition coefficient (Wildman–Crippen LogP) is 2.68. The third-order valence-corrected chi connectivity index (χ3v) is 6.14. The number of ether oxygens (including phenoxy) is 1. The van der Waals surface area contributed by atoms with Gasteiger partial charge in [0.2, 0.25) is 5.91 Å². The first-order chi connectivity index (χ1) is 11.7. The normalized spacial score (nSPS) is 25.2. The van der Waals surface area contributed by atoms with Crippen molar-refractivity contribution in [2.45, 2.75) is 12.0 Å². The van der Waals surface area contributed by atoms with Gasteiger partial charge in [0.05, 0.1) is 13.2 Å². The molecule has 0 radical (unpaired) electrons. The third kappa shape index (κ3) is 4.54. The Balaban J connectivity index is 1.56.